The molecule has 1 N–H and O–H groups in total. The van der Waals surface area contributed by atoms with Gasteiger partial charge in [-0.05, 0) is 49.9 Å². The smallest absolute Gasteiger partial charge is 0.338 e. The van der Waals surface area contributed by atoms with Crippen LogP contribution in [-0.4, -0.2) is 17.7 Å². The Morgan fingerprint density at radius 3 is 2.26 bits per heavy atom. The third-order valence-corrected chi connectivity index (χ3v) is 3.72. The average molecular weight is 318 g/mol. The van der Waals surface area contributed by atoms with Gasteiger partial charge in [-0.3, -0.25) is 0 Å². The third-order valence-electron chi connectivity index (χ3n) is 3.72. The molecule has 3 nitrogen and oxygen atoms in total. The first kappa shape index (κ1) is 19.3. The fourth-order valence-corrected chi connectivity index (χ4v) is 2.32. The molecule has 0 heterocycles. The third kappa shape index (κ3) is 9.77. The molecular weight excluding hydrogens is 288 g/mol. The van der Waals surface area contributed by atoms with Gasteiger partial charge in [0.25, 0.3) is 0 Å². The number of aromatic hydroxyl groups is 1. The van der Waals surface area contributed by atoms with E-state index < -0.39 is 0 Å². The molecule has 0 saturated heterocycles. The van der Waals surface area contributed by atoms with E-state index in [2.05, 4.69) is 19.1 Å². The molecule has 0 spiro atoms. The van der Waals surface area contributed by atoms with Gasteiger partial charge in [0.15, 0.2) is 0 Å². The topological polar surface area (TPSA) is 46.5 Å². The second kappa shape index (κ2) is 12.7. The number of phenolic OH excluding ortho intramolecular Hbond substituents is 1. The van der Waals surface area contributed by atoms with Crippen molar-refractivity contribution in [2.24, 2.45) is 0 Å². The minimum atomic E-state index is -0.316. The van der Waals surface area contributed by atoms with E-state index in [1.54, 1.807) is 12.1 Å². The fraction of sp³-hybridized carbons (Fsp3) is 0.550. The highest BCUT2D eigenvalue weighted by atomic mass is 16.5. The van der Waals surface area contributed by atoms with Crippen molar-refractivity contribution in [3.63, 3.8) is 0 Å². The van der Waals surface area contributed by atoms with Crippen LogP contribution in [0.25, 0.3) is 0 Å². The van der Waals surface area contributed by atoms with Crippen LogP contribution in [0.2, 0.25) is 0 Å². The number of carbonyl (C=O) groups is 1. The number of phenols is 1. The molecule has 0 aromatic heterocycles. The SMILES string of the molecule is CCC/C=C/CCCCCCCCOC(=O)c1ccc(O)cc1. The second-order valence-corrected chi connectivity index (χ2v) is 5.85. The zero-order chi connectivity index (χ0) is 16.8. The van der Waals surface area contributed by atoms with Gasteiger partial charge in [-0.25, -0.2) is 4.79 Å². The first-order valence-electron chi connectivity index (χ1n) is 8.85. The van der Waals surface area contributed by atoms with Crippen LogP contribution in [0.15, 0.2) is 36.4 Å². The number of allylic oxidation sites excluding steroid dienone is 2. The molecule has 0 fully saturated rings. The fourth-order valence-electron chi connectivity index (χ4n) is 2.32. The molecule has 0 aliphatic carbocycles. The monoisotopic (exact) mass is 318 g/mol. The van der Waals surface area contributed by atoms with Gasteiger partial charge in [0, 0.05) is 0 Å². The van der Waals surface area contributed by atoms with Crippen LogP contribution in [0.3, 0.4) is 0 Å². The summed E-state index contributed by atoms with van der Waals surface area (Å²) < 4.78 is 5.22. The lowest BCUT2D eigenvalue weighted by Gasteiger charge is -2.05. The van der Waals surface area contributed by atoms with Crippen LogP contribution in [0.1, 0.15) is 75.1 Å². The highest BCUT2D eigenvalue weighted by molar-refractivity contribution is 5.89. The summed E-state index contributed by atoms with van der Waals surface area (Å²) in [7, 11) is 0. The Hall–Kier alpha value is -1.77. The van der Waals surface area contributed by atoms with Gasteiger partial charge in [-0.1, -0.05) is 51.2 Å². The normalized spacial score (nSPS) is 11.0. The van der Waals surface area contributed by atoms with Crippen molar-refractivity contribution in [1.29, 1.82) is 0 Å². The molecule has 1 aromatic rings. The van der Waals surface area contributed by atoms with Crippen LogP contribution in [0.4, 0.5) is 0 Å². The number of rotatable bonds is 12. The summed E-state index contributed by atoms with van der Waals surface area (Å²) in [4.78, 5) is 11.7. The molecule has 23 heavy (non-hydrogen) atoms. The summed E-state index contributed by atoms with van der Waals surface area (Å²) in [6.07, 6.45) is 15.2. The van der Waals surface area contributed by atoms with Crippen LogP contribution in [0.5, 0.6) is 5.75 Å². The first-order valence-corrected chi connectivity index (χ1v) is 8.85. The van der Waals surface area contributed by atoms with E-state index in [1.807, 2.05) is 0 Å². The summed E-state index contributed by atoms with van der Waals surface area (Å²) >= 11 is 0. The number of hydrogen-bond acceptors (Lipinski definition) is 3. The Kier molecular flexibility index (Phi) is 10.7. The highest BCUT2D eigenvalue weighted by Crippen LogP contribution is 2.11. The maximum atomic E-state index is 11.7. The Morgan fingerprint density at radius 1 is 0.957 bits per heavy atom. The van der Waals surface area contributed by atoms with E-state index in [0.717, 1.165) is 12.8 Å². The molecule has 0 amide bonds. The zero-order valence-corrected chi connectivity index (χ0v) is 14.3. The minimum absolute atomic E-state index is 0.155. The van der Waals surface area contributed by atoms with Crippen LogP contribution in [0, 0.1) is 0 Å². The number of unbranched alkanes of at least 4 members (excludes halogenated alkanes) is 7. The molecule has 0 unspecified atom stereocenters. The van der Waals surface area contributed by atoms with Gasteiger partial charge < -0.3 is 9.84 Å². The molecule has 0 saturated carbocycles. The van der Waals surface area contributed by atoms with Crippen molar-refractivity contribution < 1.29 is 14.6 Å². The van der Waals surface area contributed by atoms with E-state index in [4.69, 9.17) is 4.74 Å². The highest BCUT2D eigenvalue weighted by Gasteiger charge is 2.06. The molecule has 0 bridgehead atoms. The van der Waals surface area contributed by atoms with Crippen molar-refractivity contribution in [3.05, 3.63) is 42.0 Å². The van der Waals surface area contributed by atoms with Crippen LogP contribution < -0.4 is 0 Å². The predicted octanol–water partition coefficient (Wildman–Crippen LogP) is 5.64. The van der Waals surface area contributed by atoms with Crippen molar-refractivity contribution in [1.82, 2.24) is 0 Å². The largest absolute Gasteiger partial charge is 0.508 e. The quantitative estimate of drug-likeness (QED) is 0.308. The van der Waals surface area contributed by atoms with Crippen molar-refractivity contribution in [2.75, 3.05) is 6.61 Å². The molecule has 0 atom stereocenters. The maximum absolute atomic E-state index is 11.7. The van der Waals surface area contributed by atoms with Crippen molar-refractivity contribution in [2.45, 2.75) is 64.7 Å². The molecule has 128 valence electrons. The van der Waals surface area contributed by atoms with Gasteiger partial charge in [0.1, 0.15) is 5.75 Å². The van der Waals surface area contributed by atoms with Crippen molar-refractivity contribution in [3.8, 4) is 5.75 Å². The van der Waals surface area contributed by atoms with E-state index >= 15 is 0 Å². The van der Waals surface area contributed by atoms with Gasteiger partial charge in [-0.15, -0.1) is 0 Å². The number of benzene rings is 1. The van der Waals surface area contributed by atoms with Crippen LogP contribution >= 0.6 is 0 Å². The minimum Gasteiger partial charge on any atom is -0.508 e. The van der Waals surface area contributed by atoms with Gasteiger partial charge in [-0.2, -0.15) is 0 Å². The molecule has 1 rings (SSSR count). The Morgan fingerprint density at radius 2 is 1.57 bits per heavy atom. The number of ether oxygens (including phenoxy) is 1. The molecular formula is C20H30O3. The average Bonchev–Trinajstić information content (AvgIpc) is 2.56. The lowest BCUT2D eigenvalue weighted by atomic mass is 10.1. The van der Waals surface area contributed by atoms with E-state index in [1.165, 1.54) is 57.1 Å². The maximum Gasteiger partial charge on any atom is 0.338 e. The Labute approximate surface area is 140 Å². The summed E-state index contributed by atoms with van der Waals surface area (Å²) in [5.74, 6) is -0.161. The lowest BCUT2D eigenvalue weighted by molar-refractivity contribution is 0.0497. The summed E-state index contributed by atoms with van der Waals surface area (Å²) in [6.45, 7) is 2.67. The standard InChI is InChI=1S/C20H30O3/c1-2-3-4-5-6-7-8-9-10-11-12-17-23-20(22)18-13-15-19(21)16-14-18/h4-5,13-16,21H,2-3,6-12,17H2,1H3/b5-4+. The number of esters is 1. The summed E-state index contributed by atoms with van der Waals surface area (Å²) in [6, 6.07) is 6.14. The molecule has 3 heteroatoms. The molecule has 0 aliphatic rings. The first-order chi connectivity index (χ1) is 11.2. The van der Waals surface area contributed by atoms with Gasteiger partial charge in [0.05, 0.1) is 12.2 Å². The van der Waals surface area contributed by atoms with E-state index in [9.17, 15) is 9.90 Å². The predicted molar refractivity (Wildman–Crippen MR) is 94.8 cm³/mol. The van der Waals surface area contributed by atoms with Gasteiger partial charge >= 0.3 is 5.97 Å². The van der Waals surface area contributed by atoms with E-state index in [-0.39, 0.29) is 11.7 Å². The van der Waals surface area contributed by atoms with Crippen molar-refractivity contribution >= 4 is 5.97 Å². The zero-order valence-electron chi connectivity index (χ0n) is 14.3. The second-order valence-electron chi connectivity index (χ2n) is 5.85. The summed E-state index contributed by atoms with van der Waals surface area (Å²) in [5.41, 5.74) is 0.485. The lowest BCUT2D eigenvalue weighted by Crippen LogP contribution is -2.06. The summed E-state index contributed by atoms with van der Waals surface area (Å²) in [5, 5.41) is 9.17. The van der Waals surface area contributed by atoms with Crippen LogP contribution in [-0.2, 0) is 4.74 Å². The number of carbonyl (C=O) groups excluding carboxylic acids is 1. The number of hydrogen-bond donors (Lipinski definition) is 1. The Bertz CT molecular complexity index is 448. The van der Waals surface area contributed by atoms with E-state index in [0.29, 0.717) is 12.2 Å². The van der Waals surface area contributed by atoms with Gasteiger partial charge in [0.2, 0.25) is 0 Å². The molecule has 1 aromatic carbocycles. The molecule has 0 radical (unpaired) electrons. The molecule has 0 aliphatic heterocycles. The Balaban J connectivity index is 1.93.